The fourth-order valence-electron chi connectivity index (χ4n) is 3.78. The second-order valence-electron chi connectivity index (χ2n) is 6.93. The van der Waals surface area contributed by atoms with Crippen molar-refractivity contribution in [3.63, 3.8) is 0 Å². The standard InChI is InChI=1S/C21H24N4O3/c1-27-12-11-25-19(23-18-7-4-9-22-20(18)25)16-8-10-24(14-16)21(26)15-5-3-6-17(13-15)28-2/h3-7,9,13,16H,8,10-12,14H2,1-2H3. The van der Waals surface area contributed by atoms with E-state index < -0.39 is 0 Å². The Morgan fingerprint density at radius 2 is 2.14 bits per heavy atom. The van der Waals surface area contributed by atoms with Crippen LogP contribution in [-0.2, 0) is 11.3 Å². The average Bonchev–Trinajstić information content (AvgIpc) is 3.36. The van der Waals surface area contributed by atoms with Crippen molar-refractivity contribution in [3.05, 3.63) is 54.0 Å². The van der Waals surface area contributed by atoms with Crippen LogP contribution in [0.4, 0.5) is 0 Å². The van der Waals surface area contributed by atoms with Gasteiger partial charge in [-0.25, -0.2) is 9.97 Å². The van der Waals surface area contributed by atoms with Gasteiger partial charge in [0, 0.05) is 44.4 Å². The number of ether oxygens (including phenoxy) is 2. The Morgan fingerprint density at radius 3 is 2.96 bits per heavy atom. The predicted octanol–water partition coefficient (Wildman–Crippen LogP) is 2.72. The predicted molar refractivity (Wildman–Crippen MR) is 106 cm³/mol. The number of hydrogen-bond donors (Lipinski definition) is 0. The molecule has 28 heavy (non-hydrogen) atoms. The Labute approximate surface area is 163 Å². The minimum Gasteiger partial charge on any atom is -0.497 e. The maximum absolute atomic E-state index is 12.9. The Bertz CT molecular complexity index is 985. The zero-order chi connectivity index (χ0) is 19.5. The quantitative estimate of drug-likeness (QED) is 0.658. The van der Waals surface area contributed by atoms with Gasteiger partial charge in [-0.15, -0.1) is 0 Å². The molecule has 3 aromatic rings. The second kappa shape index (κ2) is 7.98. The van der Waals surface area contributed by atoms with E-state index in [-0.39, 0.29) is 11.8 Å². The molecule has 1 aromatic carbocycles. The molecule has 0 spiro atoms. The van der Waals surface area contributed by atoms with Crippen molar-refractivity contribution in [2.24, 2.45) is 0 Å². The zero-order valence-corrected chi connectivity index (χ0v) is 16.2. The van der Waals surface area contributed by atoms with Crippen molar-refractivity contribution in [2.45, 2.75) is 18.9 Å². The van der Waals surface area contributed by atoms with Crippen molar-refractivity contribution < 1.29 is 14.3 Å². The summed E-state index contributed by atoms with van der Waals surface area (Å²) in [6.45, 7) is 2.64. The first-order valence-electron chi connectivity index (χ1n) is 9.44. The zero-order valence-electron chi connectivity index (χ0n) is 16.2. The molecule has 3 heterocycles. The molecule has 1 unspecified atom stereocenters. The molecule has 0 aliphatic carbocycles. The fourth-order valence-corrected chi connectivity index (χ4v) is 3.78. The third-order valence-electron chi connectivity index (χ3n) is 5.21. The Hall–Kier alpha value is -2.93. The van der Waals surface area contributed by atoms with E-state index in [1.807, 2.05) is 35.2 Å². The Balaban J connectivity index is 1.57. The molecular formula is C21H24N4O3. The van der Waals surface area contributed by atoms with E-state index in [0.29, 0.717) is 37.6 Å². The number of carbonyl (C=O) groups is 1. The molecule has 7 nitrogen and oxygen atoms in total. The highest BCUT2D eigenvalue weighted by Crippen LogP contribution is 2.30. The summed E-state index contributed by atoms with van der Waals surface area (Å²) in [5.41, 5.74) is 2.40. The van der Waals surface area contributed by atoms with E-state index in [1.54, 1.807) is 26.5 Å². The van der Waals surface area contributed by atoms with E-state index in [1.165, 1.54) is 0 Å². The molecular weight excluding hydrogens is 356 g/mol. The van der Waals surface area contributed by atoms with Crippen LogP contribution >= 0.6 is 0 Å². The molecule has 1 aliphatic heterocycles. The van der Waals surface area contributed by atoms with Crippen LogP contribution in [-0.4, -0.2) is 59.3 Å². The van der Waals surface area contributed by atoms with E-state index in [2.05, 4.69) is 9.55 Å². The van der Waals surface area contributed by atoms with Crippen molar-refractivity contribution in [3.8, 4) is 5.75 Å². The third kappa shape index (κ3) is 3.45. The molecule has 146 valence electrons. The maximum atomic E-state index is 12.9. The molecule has 1 saturated heterocycles. The number of hydrogen-bond acceptors (Lipinski definition) is 5. The van der Waals surface area contributed by atoms with Gasteiger partial charge in [0.1, 0.15) is 17.1 Å². The van der Waals surface area contributed by atoms with Crippen LogP contribution in [0.1, 0.15) is 28.5 Å². The minimum absolute atomic E-state index is 0.0269. The largest absolute Gasteiger partial charge is 0.497 e. The molecule has 1 aliphatic rings. The summed E-state index contributed by atoms with van der Waals surface area (Å²) in [7, 11) is 3.30. The van der Waals surface area contributed by atoms with Gasteiger partial charge in [0.15, 0.2) is 5.65 Å². The number of likely N-dealkylation sites (tertiary alicyclic amines) is 1. The van der Waals surface area contributed by atoms with Gasteiger partial charge in [0.2, 0.25) is 0 Å². The first kappa shape index (κ1) is 18.4. The number of imidazole rings is 1. The number of pyridine rings is 1. The van der Waals surface area contributed by atoms with Gasteiger partial charge in [-0.2, -0.15) is 0 Å². The molecule has 0 bridgehead atoms. The van der Waals surface area contributed by atoms with E-state index in [4.69, 9.17) is 14.5 Å². The molecule has 1 amide bonds. The van der Waals surface area contributed by atoms with Crippen molar-refractivity contribution in [1.29, 1.82) is 0 Å². The molecule has 1 fully saturated rings. The van der Waals surface area contributed by atoms with E-state index in [0.717, 1.165) is 23.4 Å². The number of nitrogens with zero attached hydrogens (tertiary/aromatic N) is 4. The summed E-state index contributed by atoms with van der Waals surface area (Å²) < 4.78 is 12.6. The number of carbonyl (C=O) groups excluding carboxylic acids is 1. The van der Waals surface area contributed by atoms with Gasteiger partial charge in [-0.05, 0) is 36.8 Å². The molecule has 4 rings (SSSR count). The van der Waals surface area contributed by atoms with Crippen LogP contribution in [0.25, 0.3) is 11.2 Å². The number of fused-ring (bicyclic) bond motifs is 1. The minimum atomic E-state index is 0.0269. The normalized spacial score (nSPS) is 16.6. The van der Waals surface area contributed by atoms with Crippen LogP contribution < -0.4 is 4.74 Å². The number of aromatic nitrogens is 3. The number of methoxy groups -OCH3 is 2. The highest BCUT2D eigenvalue weighted by Gasteiger charge is 2.31. The highest BCUT2D eigenvalue weighted by molar-refractivity contribution is 5.94. The van der Waals surface area contributed by atoms with Gasteiger partial charge in [0.25, 0.3) is 5.91 Å². The van der Waals surface area contributed by atoms with E-state index >= 15 is 0 Å². The lowest BCUT2D eigenvalue weighted by Gasteiger charge is -2.17. The van der Waals surface area contributed by atoms with E-state index in [9.17, 15) is 4.79 Å². The maximum Gasteiger partial charge on any atom is 0.254 e. The van der Waals surface area contributed by atoms with Crippen LogP contribution in [0.15, 0.2) is 42.6 Å². The van der Waals surface area contributed by atoms with Gasteiger partial charge in [-0.1, -0.05) is 6.07 Å². The summed E-state index contributed by atoms with van der Waals surface area (Å²) in [6.07, 6.45) is 2.66. The van der Waals surface area contributed by atoms with Crippen LogP contribution in [0.3, 0.4) is 0 Å². The monoisotopic (exact) mass is 380 g/mol. The lowest BCUT2D eigenvalue weighted by atomic mass is 10.1. The van der Waals surface area contributed by atoms with Crippen LogP contribution in [0.5, 0.6) is 5.75 Å². The molecule has 0 saturated carbocycles. The van der Waals surface area contributed by atoms with Crippen molar-refractivity contribution >= 4 is 17.1 Å². The number of rotatable bonds is 6. The van der Waals surface area contributed by atoms with Gasteiger partial charge in [-0.3, -0.25) is 4.79 Å². The first-order valence-corrected chi connectivity index (χ1v) is 9.44. The molecule has 1 atom stereocenters. The fraction of sp³-hybridized carbons (Fsp3) is 0.381. The average molecular weight is 380 g/mol. The smallest absolute Gasteiger partial charge is 0.254 e. The van der Waals surface area contributed by atoms with Crippen molar-refractivity contribution in [1.82, 2.24) is 19.4 Å². The molecule has 2 aromatic heterocycles. The summed E-state index contributed by atoms with van der Waals surface area (Å²) >= 11 is 0. The first-order chi connectivity index (χ1) is 13.7. The molecule has 7 heteroatoms. The van der Waals surface area contributed by atoms with Crippen LogP contribution in [0.2, 0.25) is 0 Å². The SMILES string of the molecule is COCCn1c(C2CCN(C(=O)c3cccc(OC)c3)C2)nc2cccnc21. The highest BCUT2D eigenvalue weighted by atomic mass is 16.5. The number of benzene rings is 1. The molecule has 0 N–H and O–H groups in total. The Kier molecular flexibility index (Phi) is 5.25. The summed E-state index contributed by atoms with van der Waals surface area (Å²) in [5, 5.41) is 0. The third-order valence-corrected chi connectivity index (χ3v) is 5.21. The van der Waals surface area contributed by atoms with Gasteiger partial charge < -0.3 is 18.9 Å². The van der Waals surface area contributed by atoms with Gasteiger partial charge in [0.05, 0.1) is 13.7 Å². The Morgan fingerprint density at radius 1 is 1.25 bits per heavy atom. The second-order valence-corrected chi connectivity index (χ2v) is 6.93. The summed E-state index contributed by atoms with van der Waals surface area (Å²) in [4.78, 5) is 24.2. The van der Waals surface area contributed by atoms with Crippen molar-refractivity contribution in [2.75, 3.05) is 33.9 Å². The summed E-state index contributed by atoms with van der Waals surface area (Å²) in [5.74, 6) is 1.88. The lowest BCUT2D eigenvalue weighted by Crippen LogP contribution is -2.28. The molecule has 0 radical (unpaired) electrons. The topological polar surface area (TPSA) is 69.5 Å². The number of amides is 1. The lowest BCUT2D eigenvalue weighted by molar-refractivity contribution is 0.0790. The van der Waals surface area contributed by atoms with Gasteiger partial charge >= 0.3 is 0 Å². The summed E-state index contributed by atoms with van der Waals surface area (Å²) in [6, 6.07) is 11.2. The van der Waals surface area contributed by atoms with Crippen LogP contribution in [0, 0.1) is 0 Å².